The molecule has 0 aliphatic heterocycles. The van der Waals surface area contributed by atoms with E-state index in [-0.39, 0.29) is 0 Å². The van der Waals surface area contributed by atoms with Gasteiger partial charge in [0.1, 0.15) is 13.6 Å². The summed E-state index contributed by atoms with van der Waals surface area (Å²) in [6.07, 6.45) is 2.90. The molecule has 2 radical (unpaired) electrons. The first-order chi connectivity index (χ1) is 5.15. The Morgan fingerprint density at radius 3 is 2.73 bits per heavy atom. The van der Waals surface area contributed by atoms with E-state index in [2.05, 4.69) is 6.92 Å². The third kappa shape index (κ3) is 1.68. The van der Waals surface area contributed by atoms with E-state index in [1.807, 2.05) is 13.0 Å². The van der Waals surface area contributed by atoms with Gasteiger partial charge in [-0.05, 0) is 18.9 Å². The van der Waals surface area contributed by atoms with Crippen LogP contribution in [0.25, 0.3) is 0 Å². The minimum absolute atomic E-state index is 0.435. The molecule has 0 aromatic carbocycles. The zero-order valence-electron chi connectivity index (χ0n) is 7.35. The summed E-state index contributed by atoms with van der Waals surface area (Å²) in [6, 6.07) is 0. The molecule has 0 aromatic heterocycles. The van der Waals surface area contributed by atoms with Crippen LogP contribution in [0, 0.1) is 5.92 Å². The minimum atomic E-state index is 0.435. The molecule has 0 amide bonds. The molecule has 1 aliphatic rings. The fourth-order valence-electron chi connectivity index (χ4n) is 1.61. The predicted molar refractivity (Wildman–Crippen MR) is 47.3 cm³/mol. The number of methoxy groups -OCH3 is 1. The van der Waals surface area contributed by atoms with E-state index in [9.17, 15) is 0 Å². The second-order valence-electron chi connectivity index (χ2n) is 3.08. The van der Waals surface area contributed by atoms with Gasteiger partial charge in [0.15, 0.2) is 0 Å². The summed E-state index contributed by atoms with van der Waals surface area (Å²) in [4.78, 5) is 0. The number of ether oxygens (including phenoxy) is 1. The van der Waals surface area contributed by atoms with Crippen LogP contribution < -0.4 is 0 Å². The van der Waals surface area contributed by atoms with Crippen molar-refractivity contribution in [1.29, 1.82) is 0 Å². The van der Waals surface area contributed by atoms with E-state index < -0.39 is 0 Å². The van der Waals surface area contributed by atoms with Gasteiger partial charge < -0.3 is 4.74 Å². The molecule has 58 valence electrons. The highest BCUT2D eigenvalue weighted by molar-refractivity contribution is 6.21. The van der Waals surface area contributed by atoms with Gasteiger partial charge in [0.05, 0.1) is 7.11 Å². The van der Waals surface area contributed by atoms with Crippen LogP contribution in [0.4, 0.5) is 0 Å². The summed E-state index contributed by atoms with van der Waals surface area (Å²) in [7, 11) is 7.42. The van der Waals surface area contributed by atoms with Crippen molar-refractivity contribution in [2.45, 2.75) is 20.3 Å². The average Bonchev–Trinajstić information content (AvgIpc) is 1.85. The molecule has 0 heterocycles. The maximum atomic E-state index is 5.70. The molecule has 11 heavy (non-hydrogen) atoms. The molecule has 0 aromatic rings. The van der Waals surface area contributed by atoms with Crippen LogP contribution in [0.1, 0.15) is 20.3 Å². The molecule has 0 saturated carbocycles. The maximum Gasteiger partial charge on any atom is 0.107 e. The fraction of sp³-hybridized carbons (Fsp3) is 0.556. The predicted octanol–water partition coefficient (Wildman–Crippen LogP) is 2.00. The summed E-state index contributed by atoms with van der Waals surface area (Å²) >= 11 is 0. The van der Waals surface area contributed by atoms with Gasteiger partial charge >= 0.3 is 0 Å². The van der Waals surface area contributed by atoms with Crippen LogP contribution in [0.15, 0.2) is 22.9 Å². The highest BCUT2D eigenvalue weighted by Gasteiger charge is 2.16. The SMILES string of the molecule is [B]C1=CC(C)=C(OC)C(C)C1. The lowest BCUT2D eigenvalue weighted by Gasteiger charge is -2.21. The largest absolute Gasteiger partial charge is 0.501 e. The van der Waals surface area contributed by atoms with Gasteiger partial charge in [-0.3, -0.25) is 0 Å². The van der Waals surface area contributed by atoms with Gasteiger partial charge in [0, 0.05) is 5.92 Å². The van der Waals surface area contributed by atoms with Gasteiger partial charge in [-0.15, -0.1) is 5.47 Å². The highest BCUT2D eigenvalue weighted by Crippen LogP contribution is 2.27. The van der Waals surface area contributed by atoms with Gasteiger partial charge in [-0.1, -0.05) is 13.0 Å². The van der Waals surface area contributed by atoms with E-state index in [4.69, 9.17) is 12.6 Å². The first kappa shape index (κ1) is 8.44. The molecule has 0 spiro atoms. The van der Waals surface area contributed by atoms with E-state index in [1.165, 1.54) is 0 Å². The van der Waals surface area contributed by atoms with Crippen LogP contribution in [0.2, 0.25) is 0 Å². The first-order valence-corrected chi connectivity index (χ1v) is 3.86. The van der Waals surface area contributed by atoms with E-state index in [0.29, 0.717) is 5.92 Å². The lowest BCUT2D eigenvalue weighted by Crippen LogP contribution is -2.09. The summed E-state index contributed by atoms with van der Waals surface area (Å²) in [5.74, 6) is 1.50. The van der Waals surface area contributed by atoms with Crippen molar-refractivity contribution in [2.24, 2.45) is 5.92 Å². The second kappa shape index (κ2) is 3.16. The van der Waals surface area contributed by atoms with Crippen molar-refractivity contribution in [2.75, 3.05) is 7.11 Å². The molecule has 0 N–H and O–H groups in total. The number of hydrogen-bond donors (Lipinski definition) is 0. The third-order valence-corrected chi connectivity index (χ3v) is 2.00. The van der Waals surface area contributed by atoms with E-state index >= 15 is 0 Å². The maximum absolute atomic E-state index is 5.70. The molecule has 1 aliphatic carbocycles. The zero-order valence-corrected chi connectivity index (χ0v) is 7.35. The number of rotatable bonds is 1. The van der Waals surface area contributed by atoms with Crippen molar-refractivity contribution in [3.8, 4) is 0 Å². The summed E-state index contributed by atoms with van der Waals surface area (Å²) in [5.41, 5.74) is 2.11. The summed E-state index contributed by atoms with van der Waals surface area (Å²) in [6.45, 7) is 4.16. The molecule has 1 nitrogen and oxygen atoms in total. The Bertz CT molecular complexity index is 216. The molecule has 1 unspecified atom stereocenters. The molecule has 0 bridgehead atoms. The Kier molecular flexibility index (Phi) is 2.43. The van der Waals surface area contributed by atoms with Crippen molar-refractivity contribution in [3.05, 3.63) is 22.9 Å². The van der Waals surface area contributed by atoms with Crippen molar-refractivity contribution in [3.63, 3.8) is 0 Å². The molecular weight excluding hydrogens is 135 g/mol. The van der Waals surface area contributed by atoms with Crippen molar-refractivity contribution < 1.29 is 4.74 Å². The standard InChI is InChI=1S/C9H13BO/c1-6-4-8(10)5-7(2)9(6)11-3/h4,7H,5H2,1-3H3. The Morgan fingerprint density at radius 1 is 1.64 bits per heavy atom. The average molecular weight is 148 g/mol. The second-order valence-corrected chi connectivity index (χ2v) is 3.08. The van der Waals surface area contributed by atoms with Gasteiger partial charge in [-0.25, -0.2) is 0 Å². The summed E-state index contributed by atoms with van der Waals surface area (Å²) < 4.78 is 5.24. The molecular formula is C9H13BO. The van der Waals surface area contributed by atoms with Crippen molar-refractivity contribution >= 4 is 7.85 Å². The highest BCUT2D eigenvalue weighted by atomic mass is 16.5. The minimum Gasteiger partial charge on any atom is -0.501 e. The molecule has 1 atom stereocenters. The Hall–Kier alpha value is -0.655. The normalized spacial score (nSPS) is 25.0. The monoisotopic (exact) mass is 148 g/mol. The van der Waals surface area contributed by atoms with Crippen molar-refractivity contribution in [1.82, 2.24) is 0 Å². The van der Waals surface area contributed by atoms with Crippen LogP contribution >= 0.6 is 0 Å². The first-order valence-electron chi connectivity index (χ1n) is 3.86. The Morgan fingerprint density at radius 2 is 2.27 bits per heavy atom. The molecule has 0 saturated heterocycles. The number of hydrogen-bond acceptors (Lipinski definition) is 1. The molecule has 0 fully saturated rings. The van der Waals surface area contributed by atoms with Gasteiger partial charge in [0.25, 0.3) is 0 Å². The molecule has 2 heteroatoms. The lowest BCUT2D eigenvalue weighted by atomic mass is 9.80. The van der Waals surface area contributed by atoms with E-state index in [0.717, 1.165) is 23.2 Å². The lowest BCUT2D eigenvalue weighted by molar-refractivity contribution is 0.241. The fourth-order valence-corrected chi connectivity index (χ4v) is 1.61. The smallest absolute Gasteiger partial charge is 0.107 e. The van der Waals surface area contributed by atoms with Crippen LogP contribution in [0.5, 0.6) is 0 Å². The Balaban J connectivity index is 2.92. The third-order valence-electron chi connectivity index (χ3n) is 2.00. The van der Waals surface area contributed by atoms with Gasteiger partial charge in [-0.2, -0.15) is 0 Å². The number of allylic oxidation sites excluding steroid dienone is 4. The van der Waals surface area contributed by atoms with Gasteiger partial charge in [0.2, 0.25) is 0 Å². The van der Waals surface area contributed by atoms with Crippen LogP contribution in [0.3, 0.4) is 0 Å². The van der Waals surface area contributed by atoms with Crippen LogP contribution in [-0.4, -0.2) is 15.0 Å². The molecule has 1 rings (SSSR count). The summed E-state index contributed by atoms with van der Waals surface area (Å²) in [5, 5.41) is 0. The zero-order chi connectivity index (χ0) is 8.43. The van der Waals surface area contributed by atoms with Crippen LogP contribution in [-0.2, 0) is 4.74 Å². The quantitative estimate of drug-likeness (QED) is 0.516. The topological polar surface area (TPSA) is 9.23 Å². The Labute approximate surface area is 69.5 Å². The van der Waals surface area contributed by atoms with E-state index in [1.54, 1.807) is 7.11 Å².